The largest absolute Gasteiger partial charge is 0.363 e. The monoisotopic (exact) mass is 446 g/mol. The summed E-state index contributed by atoms with van der Waals surface area (Å²) in [6.07, 6.45) is 3.73. The highest BCUT2D eigenvalue weighted by Gasteiger charge is 2.13. The minimum absolute atomic E-state index is 0.0492. The summed E-state index contributed by atoms with van der Waals surface area (Å²) in [5.74, 6) is 0.393. The van der Waals surface area contributed by atoms with E-state index in [1.165, 1.54) is 12.1 Å². The third kappa shape index (κ3) is 6.65. The number of nitrogens with zero attached hydrogens (tertiary/aromatic N) is 3. The van der Waals surface area contributed by atoms with Crippen LogP contribution in [0.2, 0.25) is 30.8 Å². The topological polar surface area (TPSA) is 52.0 Å². The van der Waals surface area contributed by atoms with Gasteiger partial charge in [-0.2, -0.15) is 5.10 Å². The minimum Gasteiger partial charge on any atom is -0.363 e. The van der Waals surface area contributed by atoms with Gasteiger partial charge in [0.2, 0.25) is 0 Å². The molecule has 5 nitrogen and oxygen atoms in total. The molecule has 3 rings (SSSR count). The Bertz CT molecular complexity index is 972. The molecule has 3 aromatic rings. The van der Waals surface area contributed by atoms with Crippen molar-refractivity contribution in [3.8, 4) is 11.1 Å². The summed E-state index contributed by atoms with van der Waals surface area (Å²) >= 11 is 6.25. The number of hydrogen-bond acceptors (Lipinski definition) is 4. The van der Waals surface area contributed by atoms with Gasteiger partial charge in [0.25, 0.3) is 0 Å². The van der Waals surface area contributed by atoms with E-state index in [9.17, 15) is 4.39 Å². The lowest BCUT2D eigenvalue weighted by Crippen LogP contribution is -2.22. The van der Waals surface area contributed by atoms with E-state index in [1.54, 1.807) is 23.0 Å². The van der Waals surface area contributed by atoms with E-state index in [2.05, 4.69) is 35.0 Å². The van der Waals surface area contributed by atoms with Gasteiger partial charge >= 0.3 is 0 Å². The second kappa shape index (κ2) is 9.72. The summed E-state index contributed by atoms with van der Waals surface area (Å²) in [7, 11) is -1.10. The van der Waals surface area contributed by atoms with Crippen LogP contribution < -0.4 is 5.32 Å². The van der Waals surface area contributed by atoms with Gasteiger partial charge in [0, 0.05) is 32.5 Å². The molecule has 1 atom stereocenters. The number of benzene rings is 1. The highest BCUT2D eigenvalue weighted by atomic mass is 35.5. The molecule has 0 aliphatic carbocycles. The molecule has 8 heteroatoms. The van der Waals surface area contributed by atoms with Gasteiger partial charge in [-0.15, -0.1) is 0 Å². The van der Waals surface area contributed by atoms with Crippen LogP contribution >= 0.6 is 11.6 Å². The molecule has 1 N–H and O–H groups in total. The van der Waals surface area contributed by atoms with Crippen molar-refractivity contribution < 1.29 is 9.13 Å². The predicted molar refractivity (Wildman–Crippen MR) is 123 cm³/mol. The summed E-state index contributed by atoms with van der Waals surface area (Å²) in [4.78, 5) is 4.37. The Balaban J connectivity index is 1.66. The molecule has 1 unspecified atom stereocenters. The van der Waals surface area contributed by atoms with Crippen LogP contribution in [0, 0.1) is 5.82 Å². The number of aromatic nitrogens is 3. The van der Waals surface area contributed by atoms with Gasteiger partial charge in [-0.25, -0.2) is 14.1 Å². The van der Waals surface area contributed by atoms with Crippen molar-refractivity contribution in [2.45, 2.75) is 45.4 Å². The van der Waals surface area contributed by atoms with Gasteiger partial charge in [0.1, 0.15) is 23.5 Å². The fourth-order valence-electron chi connectivity index (χ4n) is 2.91. The Hall–Kier alpha value is -2.22. The van der Waals surface area contributed by atoms with Gasteiger partial charge in [-0.1, -0.05) is 43.4 Å². The van der Waals surface area contributed by atoms with Crippen molar-refractivity contribution in [2.24, 2.45) is 0 Å². The van der Waals surface area contributed by atoms with Crippen LogP contribution in [0.4, 0.5) is 10.2 Å². The van der Waals surface area contributed by atoms with Crippen LogP contribution in [-0.2, 0) is 11.5 Å². The van der Waals surface area contributed by atoms with Crippen LogP contribution in [0.3, 0.4) is 0 Å². The maximum Gasteiger partial charge on any atom is 0.139 e. The smallest absolute Gasteiger partial charge is 0.139 e. The van der Waals surface area contributed by atoms with E-state index in [0.29, 0.717) is 17.7 Å². The molecule has 160 valence electrons. The van der Waals surface area contributed by atoms with Gasteiger partial charge in [0.05, 0.1) is 6.20 Å². The number of anilines is 1. The Morgan fingerprint density at radius 1 is 1.17 bits per heavy atom. The standard InChI is InChI=1S/C22H28ClFN4OSi/c1-16(17-5-7-20(24)8-6-17)26-22-12-18(11-21(23)27-22)19-13-25-28(14-19)15-29-9-10-30(2,3)4/h5-8,11-14,16H,9-10,15H2,1-4H3,(H,26,27). The fourth-order valence-corrected chi connectivity index (χ4v) is 3.88. The number of rotatable bonds is 9. The fraction of sp³-hybridized carbons (Fsp3) is 0.364. The first kappa shape index (κ1) is 22.5. The first-order valence-corrected chi connectivity index (χ1v) is 14.1. The zero-order valence-corrected chi connectivity index (χ0v) is 19.6. The average molecular weight is 447 g/mol. The van der Waals surface area contributed by atoms with Crippen LogP contribution in [0.15, 0.2) is 48.8 Å². The number of nitrogens with one attached hydrogen (secondary N) is 1. The highest BCUT2D eigenvalue weighted by Crippen LogP contribution is 2.27. The molecule has 30 heavy (non-hydrogen) atoms. The van der Waals surface area contributed by atoms with Gasteiger partial charge in [0.15, 0.2) is 0 Å². The summed E-state index contributed by atoms with van der Waals surface area (Å²) < 4.78 is 20.7. The number of pyridine rings is 1. The van der Waals surface area contributed by atoms with Crippen LogP contribution in [-0.4, -0.2) is 29.4 Å². The SMILES string of the molecule is CC(Nc1cc(-c2cnn(COCC[Si](C)(C)C)c2)cc(Cl)n1)c1ccc(F)cc1. The van der Waals surface area contributed by atoms with Crippen LogP contribution in [0.25, 0.3) is 11.1 Å². The molecular formula is C22H28ClFN4OSi. The molecule has 0 spiro atoms. The Labute approximate surface area is 183 Å². The molecule has 0 fully saturated rings. The molecule has 0 aliphatic rings. The maximum atomic E-state index is 13.2. The van der Waals surface area contributed by atoms with Crippen molar-refractivity contribution in [3.05, 3.63) is 65.3 Å². The Kier molecular flexibility index (Phi) is 7.28. The van der Waals surface area contributed by atoms with Gasteiger partial charge < -0.3 is 10.1 Å². The lowest BCUT2D eigenvalue weighted by Gasteiger charge is -2.16. The van der Waals surface area contributed by atoms with Gasteiger partial charge in [-0.3, -0.25) is 0 Å². The molecule has 2 aromatic heterocycles. The maximum absolute atomic E-state index is 13.2. The number of ether oxygens (including phenoxy) is 1. The zero-order valence-electron chi connectivity index (χ0n) is 17.8. The third-order valence-corrected chi connectivity index (χ3v) is 6.61. The third-order valence-electron chi connectivity index (χ3n) is 4.72. The molecule has 0 amide bonds. The van der Waals surface area contributed by atoms with Gasteiger partial charge in [-0.05, 0) is 48.4 Å². The summed E-state index contributed by atoms with van der Waals surface area (Å²) in [5, 5.41) is 8.10. The van der Waals surface area contributed by atoms with Crippen molar-refractivity contribution >= 4 is 25.5 Å². The van der Waals surface area contributed by atoms with E-state index in [-0.39, 0.29) is 11.9 Å². The van der Waals surface area contributed by atoms with Crippen molar-refractivity contribution in [3.63, 3.8) is 0 Å². The lowest BCUT2D eigenvalue weighted by molar-refractivity contribution is 0.0786. The summed E-state index contributed by atoms with van der Waals surface area (Å²) in [6.45, 7) is 10.2. The minimum atomic E-state index is -1.10. The molecular weight excluding hydrogens is 419 g/mol. The highest BCUT2D eigenvalue weighted by molar-refractivity contribution is 6.76. The molecule has 2 heterocycles. The summed E-state index contributed by atoms with van der Waals surface area (Å²) in [5.41, 5.74) is 2.81. The molecule has 0 aliphatic heterocycles. The number of halogens is 2. The van der Waals surface area contributed by atoms with E-state index in [4.69, 9.17) is 16.3 Å². The van der Waals surface area contributed by atoms with E-state index in [1.807, 2.05) is 25.3 Å². The average Bonchev–Trinajstić information content (AvgIpc) is 3.13. The van der Waals surface area contributed by atoms with Crippen molar-refractivity contribution in [2.75, 3.05) is 11.9 Å². The number of hydrogen-bond donors (Lipinski definition) is 1. The Morgan fingerprint density at radius 2 is 1.90 bits per heavy atom. The van der Waals surface area contributed by atoms with Crippen molar-refractivity contribution in [1.82, 2.24) is 14.8 Å². The molecule has 0 saturated heterocycles. The van der Waals surface area contributed by atoms with E-state index in [0.717, 1.165) is 29.3 Å². The van der Waals surface area contributed by atoms with Crippen molar-refractivity contribution in [1.29, 1.82) is 0 Å². The molecule has 0 bridgehead atoms. The summed E-state index contributed by atoms with van der Waals surface area (Å²) in [6, 6.07) is 11.2. The second-order valence-electron chi connectivity index (χ2n) is 8.60. The Morgan fingerprint density at radius 3 is 2.60 bits per heavy atom. The predicted octanol–water partition coefficient (Wildman–Crippen LogP) is 6.22. The quantitative estimate of drug-likeness (QED) is 0.240. The second-order valence-corrected chi connectivity index (χ2v) is 14.6. The first-order valence-electron chi connectivity index (χ1n) is 10.00. The van der Waals surface area contributed by atoms with E-state index < -0.39 is 8.07 Å². The first-order chi connectivity index (χ1) is 14.2. The normalized spacial score (nSPS) is 12.7. The molecule has 0 radical (unpaired) electrons. The zero-order chi connectivity index (χ0) is 21.7. The van der Waals surface area contributed by atoms with E-state index >= 15 is 0 Å². The molecule has 1 aromatic carbocycles. The molecule has 0 saturated carbocycles. The van der Waals surface area contributed by atoms with Crippen LogP contribution in [0.1, 0.15) is 18.5 Å². The lowest BCUT2D eigenvalue weighted by atomic mass is 10.1. The van der Waals surface area contributed by atoms with Crippen LogP contribution in [0.5, 0.6) is 0 Å².